The van der Waals surface area contributed by atoms with E-state index in [1.165, 1.54) is 0 Å². The number of carbonyl (C=O) groups is 1. The van der Waals surface area contributed by atoms with Crippen LogP contribution in [0.25, 0.3) is 0 Å². The normalized spacial score (nSPS) is 34.8. The minimum Gasteiger partial charge on any atom is -0.381 e. The Morgan fingerprint density at radius 3 is 2.63 bits per heavy atom. The van der Waals surface area contributed by atoms with Crippen LogP contribution in [0.2, 0.25) is 0 Å². The van der Waals surface area contributed by atoms with E-state index in [4.69, 9.17) is 10.5 Å². The molecular formula is C15H28N2O2. The molecule has 3 unspecified atom stereocenters. The smallest absolute Gasteiger partial charge is 0.225 e. The SMILES string of the molecule is CC(NC(=O)C1CCCCC1(C)N)C1CCOCC1. The van der Waals surface area contributed by atoms with Crippen molar-refractivity contribution in [3.8, 4) is 0 Å². The molecule has 1 saturated carbocycles. The second-order valence-corrected chi connectivity index (χ2v) is 6.55. The lowest BCUT2D eigenvalue weighted by atomic mass is 9.74. The van der Waals surface area contributed by atoms with Gasteiger partial charge in [-0.25, -0.2) is 0 Å². The Balaban J connectivity index is 1.88. The van der Waals surface area contributed by atoms with E-state index in [0.717, 1.165) is 51.7 Å². The summed E-state index contributed by atoms with van der Waals surface area (Å²) in [6.07, 6.45) is 6.25. The molecule has 0 aromatic carbocycles. The summed E-state index contributed by atoms with van der Waals surface area (Å²) in [6.45, 7) is 5.78. The summed E-state index contributed by atoms with van der Waals surface area (Å²) in [4.78, 5) is 12.4. The van der Waals surface area contributed by atoms with Crippen molar-refractivity contribution in [2.75, 3.05) is 13.2 Å². The van der Waals surface area contributed by atoms with E-state index in [9.17, 15) is 4.79 Å². The number of ether oxygens (including phenoxy) is 1. The van der Waals surface area contributed by atoms with Gasteiger partial charge in [-0.2, -0.15) is 0 Å². The minimum absolute atomic E-state index is 0.0245. The van der Waals surface area contributed by atoms with Crippen molar-refractivity contribution >= 4 is 5.91 Å². The summed E-state index contributed by atoms with van der Waals surface area (Å²) in [5.74, 6) is 0.678. The lowest BCUT2D eigenvalue weighted by molar-refractivity contribution is -0.129. The van der Waals surface area contributed by atoms with Gasteiger partial charge in [-0.15, -0.1) is 0 Å². The maximum atomic E-state index is 12.4. The third-order valence-electron chi connectivity index (χ3n) is 4.91. The molecule has 0 aromatic rings. The molecular weight excluding hydrogens is 240 g/mol. The molecule has 1 aliphatic carbocycles. The Kier molecular flexibility index (Phi) is 4.85. The third kappa shape index (κ3) is 3.69. The molecule has 4 nitrogen and oxygen atoms in total. The van der Waals surface area contributed by atoms with Crippen molar-refractivity contribution in [1.82, 2.24) is 5.32 Å². The highest BCUT2D eigenvalue weighted by Gasteiger charge is 2.38. The molecule has 1 aliphatic heterocycles. The van der Waals surface area contributed by atoms with Gasteiger partial charge >= 0.3 is 0 Å². The van der Waals surface area contributed by atoms with Crippen LogP contribution < -0.4 is 11.1 Å². The predicted octanol–water partition coefficient (Wildman–Crippen LogP) is 1.83. The maximum absolute atomic E-state index is 12.4. The first-order valence-corrected chi connectivity index (χ1v) is 7.68. The molecule has 19 heavy (non-hydrogen) atoms. The van der Waals surface area contributed by atoms with Gasteiger partial charge in [0, 0.05) is 24.8 Å². The van der Waals surface area contributed by atoms with Gasteiger partial charge in [0.05, 0.1) is 5.92 Å². The van der Waals surface area contributed by atoms with Crippen molar-refractivity contribution in [1.29, 1.82) is 0 Å². The van der Waals surface area contributed by atoms with Crippen LogP contribution in [0.15, 0.2) is 0 Å². The lowest BCUT2D eigenvalue weighted by Gasteiger charge is -2.38. The van der Waals surface area contributed by atoms with E-state index in [1.807, 2.05) is 6.92 Å². The number of hydrogen-bond acceptors (Lipinski definition) is 3. The van der Waals surface area contributed by atoms with Crippen LogP contribution in [0, 0.1) is 11.8 Å². The molecule has 1 saturated heterocycles. The van der Waals surface area contributed by atoms with Gasteiger partial charge in [0.1, 0.15) is 0 Å². The fourth-order valence-corrected chi connectivity index (χ4v) is 3.45. The van der Waals surface area contributed by atoms with E-state index in [0.29, 0.717) is 5.92 Å². The largest absolute Gasteiger partial charge is 0.381 e. The Hall–Kier alpha value is -0.610. The van der Waals surface area contributed by atoms with Gasteiger partial charge < -0.3 is 15.8 Å². The van der Waals surface area contributed by atoms with Crippen molar-refractivity contribution in [3.05, 3.63) is 0 Å². The van der Waals surface area contributed by atoms with Crippen LogP contribution in [0.3, 0.4) is 0 Å². The van der Waals surface area contributed by atoms with Crippen LogP contribution in [-0.2, 0) is 9.53 Å². The van der Waals surface area contributed by atoms with Crippen LogP contribution in [0.1, 0.15) is 52.4 Å². The highest BCUT2D eigenvalue weighted by Crippen LogP contribution is 2.32. The zero-order chi connectivity index (χ0) is 13.9. The molecule has 2 fully saturated rings. The quantitative estimate of drug-likeness (QED) is 0.820. The molecule has 0 aromatic heterocycles. The number of rotatable bonds is 3. The Labute approximate surface area is 116 Å². The standard InChI is InChI=1S/C15H28N2O2/c1-11(12-6-9-19-10-7-12)17-14(18)13-5-3-4-8-15(13,2)16/h11-13H,3-10,16H2,1-2H3,(H,17,18). The Bertz CT molecular complexity index is 311. The zero-order valence-corrected chi connectivity index (χ0v) is 12.3. The number of carbonyl (C=O) groups excluding carboxylic acids is 1. The Morgan fingerprint density at radius 1 is 1.32 bits per heavy atom. The minimum atomic E-state index is -0.336. The van der Waals surface area contributed by atoms with Crippen molar-refractivity contribution in [3.63, 3.8) is 0 Å². The highest BCUT2D eigenvalue weighted by atomic mass is 16.5. The predicted molar refractivity (Wildman–Crippen MR) is 75.7 cm³/mol. The molecule has 0 bridgehead atoms. The molecule has 3 N–H and O–H groups in total. The Morgan fingerprint density at radius 2 is 2.00 bits per heavy atom. The van der Waals surface area contributed by atoms with E-state index in [2.05, 4.69) is 12.2 Å². The van der Waals surface area contributed by atoms with Gasteiger partial charge in [0.15, 0.2) is 0 Å². The third-order valence-corrected chi connectivity index (χ3v) is 4.91. The molecule has 2 aliphatic rings. The van der Waals surface area contributed by atoms with E-state index >= 15 is 0 Å². The fourth-order valence-electron chi connectivity index (χ4n) is 3.45. The van der Waals surface area contributed by atoms with Crippen LogP contribution >= 0.6 is 0 Å². The first-order valence-electron chi connectivity index (χ1n) is 7.68. The molecule has 3 atom stereocenters. The molecule has 1 amide bonds. The monoisotopic (exact) mass is 268 g/mol. The molecule has 4 heteroatoms. The highest BCUT2D eigenvalue weighted by molar-refractivity contribution is 5.80. The lowest BCUT2D eigenvalue weighted by Crippen LogP contribution is -2.54. The van der Waals surface area contributed by atoms with Gasteiger partial charge in [-0.05, 0) is 45.4 Å². The molecule has 110 valence electrons. The average molecular weight is 268 g/mol. The van der Waals surface area contributed by atoms with Crippen molar-refractivity contribution < 1.29 is 9.53 Å². The fraction of sp³-hybridized carbons (Fsp3) is 0.933. The summed E-state index contributed by atoms with van der Waals surface area (Å²) >= 11 is 0. The van der Waals surface area contributed by atoms with Gasteiger partial charge in [0.2, 0.25) is 5.91 Å². The van der Waals surface area contributed by atoms with Crippen LogP contribution in [0.5, 0.6) is 0 Å². The first kappa shape index (κ1) is 14.8. The number of hydrogen-bond donors (Lipinski definition) is 2. The van der Waals surface area contributed by atoms with Gasteiger partial charge in [-0.1, -0.05) is 12.8 Å². The molecule has 0 spiro atoms. The van der Waals surface area contributed by atoms with Crippen molar-refractivity contribution in [2.45, 2.75) is 64.0 Å². The van der Waals surface area contributed by atoms with Crippen LogP contribution in [-0.4, -0.2) is 30.7 Å². The summed E-state index contributed by atoms with van der Waals surface area (Å²) in [5, 5.41) is 3.20. The molecule has 1 heterocycles. The summed E-state index contributed by atoms with van der Waals surface area (Å²) in [7, 11) is 0. The van der Waals surface area contributed by atoms with E-state index in [-0.39, 0.29) is 23.4 Å². The van der Waals surface area contributed by atoms with Crippen molar-refractivity contribution in [2.24, 2.45) is 17.6 Å². The topological polar surface area (TPSA) is 64.4 Å². The molecule has 0 radical (unpaired) electrons. The molecule has 2 rings (SSSR count). The zero-order valence-electron chi connectivity index (χ0n) is 12.3. The van der Waals surface area contributed by atoms with Gasteiger partial charge in [0.25, 0.3) is 0 Å². The summed E-state index contributed by atoms with van der Waals surface area (Å²) < 4.78 is 5.37. The second kappa shape index (κ2) is 6.23. The second-order valence-electron chi connectivity index (χ2n) is 6.55. The number of nitrogens with one attached hydrogen (secondary N) is 1. The van der Waals surface area contributed by atoms with Crippen LogP contribution in [0.4, 0.5) is 0 Å². The number of amides is 1. The number of nitrogens with two attached hydrogens (primary N) is 1. The van der Waals surface area contributed by atoms with E-state index in [1.54, 1.807) is 0 Å². The van der Waals surface area contributed by atoms with E-state index < -0.39 is 0 Å². The first-order chi connectivity index (χ1) is 9.00. The average Bonchev–Trinajstić information content (AvgIpc) is 2.39. The summed E-state index contributed by atoms with van der Waals surface area (Å²) in [6, 6.07) is 0.231. The summed E-state index contributed by atoms with van der Waals surface area (Å²) in [5.41, 5.74) is 5.96. The maximum Gasteiger partial charge on any atom is 0.225 e. The van der Waals surface area contributed by atoms with Gasteiger partial charge in [-0.3, -0.25) is 4.79 Å².